The molecule has 2 fully saturated rings. The highest BCUT2D eigenvalue weighted by Gasteiger charge is 2.26. The van der Waals surface area contributed by atoms with Crippen LogP contribution in [-0.4, -0.2) is 50.8 Å². The van der Waals surface area contributed by atoms with Crippen LogP contribution in [0, 0.1) is 5.92 Å². The highest BCUT2D eigenvalue weighted by Crippen LogP contribution is 2.30. The summed E-state index contributed by atoms with van der Waals surface area (Å²) in [6.07, 6.45) is 4.82. The molecule has 0 amide bonds. The first-order valence-corrected chi connectivity index (χ1v) is 12.0. The van der Waals surface area contributed by atoms with Gasteiger partial charge in [0.25, 0.3) is 0 Å². The van der Waals surface area contributed by atoms with E-state index in [9.17, 15) is 0 Å². The second-order valence-corrected chi connectivity index (χ2v) is 9.30. The van der Waals surface area contributed by atoms with Gasteiger partial charge >= 0.3 is 0 Å². The van der Waals surface area contributed by atoms with E-state index >= 15 is 0 Å². The van der Waals surface area contributed by atoms with Crippen LogP contribution in [0.5, 0.6) is 0 Å². The normalized spacial score (nSPS) is 19.9. The minimum atomic E-state index is 0.228. The van der Waals surface area contributed by atoms with Crippen molar-refractivity contribution in [3.05, 3.63) is 36.2 Å². The number of benzene rings is 1. The average molecular weight is 441 g/mol. The number of hydrogen-bond donors (Lipinski definition) is 0. The van der Waals surface area contributed by atoms with Gasteiger partial charge in [0.1, 0.15) is 0 Å². The van der Waals surface area contributed by atoms with Gasteiger partial charge in [-0.2, -0.15) is 0 Å². The molecule has 0 saturated carbocycles. The van der Waals surface area contributed by atoms with Crippen LogP contribution in [0.25, 0.3) is 11.5 Å². The van der Waals surface area contributed by atoms with E-state index in [2.05, 4.69) is 36.8 Å². The zero-order valence-corrected chi connectivity index (χ0v) is 18.6. The van der Waals surface area contributed by atoms with Gasteiger partial charge in [-0.05, 0) is 43.7 Å². The third-order valence-corrected chi connectivity index (χ3v) is 6.94. The van der Waals surface area contributed by atoms with Gasteiger partial charge in [-0.1, -0.05) is 36.9 Å². The predicted octanol–water partition coefficient (Wildman–Crippen LogP) is 4.04. The lowest BCUT2D eigenvalue weighted by Crippen LogP contribution is -2.35. The molecule has 3 aromatic rings. The monoisotopic (exact) mass is 440 g/mol. The Morgan fingerprint density at radius 3 is 2.65 bits per heavy atom. The van der Waals surface area contributed by atoms with E-state index in [-0.39, 0.29) is 6.10 Å². The molecule has 0 radical (unpaired) electrons. The SMILES string of the molecule is CC1CCN(c2nnc(SCc3nnc(-c4ccccc4)o3)n2C[C@@H]2CCCO2)CC1. The second kappa shape index (κ2) is 9.40. The first-order chi connectivity index (χ1) is 15.3. The molecule has 8 nitrogen and oxygen atoms in total. The van der Waals surface area contributed by atoms with E-state index in [0.717, 1.165) is 61.7 Å². The quantitative estimate of drug-likeness (QED) is 0.509. The number of anilines is 1. The van der Waals surface area contributed by atoms with E-state index < -0.39 is 0 Å². The van der Waals surface area contributed by atoms with Crippen molar-refractivity contribution in [2.24, 2.45) is 5.92 Å². The zero-order chi connectivity index (χ0) is 21.0. The van der Waals surface area contributed by atoms with E-state index in [1.165, 1.54) is 12.8 Å². The minimum Gasteiger partial charge on any atom is -0.420 e. The van der Waals surface area contributed by atoms with Gasteiger partial charge in [-0.15, -0.1) is 20.4 Å². The highest BCUT2D eigenvalue weighted by molar-refractivity contribution is 7.98. The largest absolute Gasteiger partial charge is 0.420 e. The van der Waals surface area contributed by atoms with Crippen LogP contribution in [-0.2, 0) is 17.0 Å². The molecule has 31 heavy (non-hydrogen) atoms. The van der Waals surface area contributed by atoms with Gasteiger partial charge < -0.3 is 14.1 Å². The van der Waals surface area contributed by atoms with Crippen LogP contribution in [0.3, 0.4) is 0 Å². The average Bonchev–Trinajstić information content (AvgIpc) is 3.56. The maximum absolute atomic E-state index is 5.91. The fourth-order valence-corrected chi connectivity index (χ4v) is 4.90. The molecule has 0 N–H and O–H groups in total. The summed E-state index contributed by atoms with van der Waals surface area (Å²) in [6, 6.07) is 9.83. The molecule has 0 spiro atoms. The molecule has 1 aromatic carbocycles. The summed E-state index contributed by atoms with van der Waals surface area (Å²) in [4.78, 5) is 2.37. The van der Waals surface area contributed by atoms with Crippen molar-refractivity contribution in [1.82, 2.24) is 25.0 Å². The van der Waals surface area contributed by atoms with Gasteiger partial charge in [0.15, 0.2) is 5.16 Å². The van der Waals surface area contributed by atoms with Crippen molar-refractivity contribution in [3.63, 3.8) is 0 Å². The van der Waals surface area contributed by atoms with Gasteiger partial charge in [0.2, 0.25) is 17.7 Å². The molecule has 5 rings (SSSR count). The summed E-state index contributed by atoms with van der Waals surface area (Å²) in [5, 5.41) is 18.4. The molecule has 0 bridgehead atoms. The Bertz CT molecular complexity index is 977. The summed E-state index contributed by atoms with van der Waals surface area (Å²) < 4.78 is 14.0. The Labute approximate surface area is 186 Å². The molecule has 0 aliphatic carbocycles. The third kappa shape index (κ3) is 4.77. The Morgan fingerprint density at radius 1 is 1.03 bits per heavy atom. The topological polar surface area (TPSA) is 82.1 Å². The molecule has 4 heterocycles. The Kier molecular flexibility index (Phi) is 6.22. The summed E-state index contributed by atoms with van der Waals surface area (Å²) in [7, 11) is 0. The van der Waals surface area contributed by atoms with Gasteiger partial charge in [-0.3, -0.25) is 4.57 Å². The fraction of sp³-hybridized carbons (Fsp3) is 0.545. The number of hydrogen-bond acceptors (Lipinski definition) is 8. The molecule has 2 aliphatic rings. The molecular weight excluding hydrogens is 412 g/mol. The van der Waals surface area contributed by atoms with E-state index in [1.54, 1.807) is 11.8 Å². The lowest BCUT2D eigenvalue weighted by Gasteiger charge is -2.31. The summed E-state index contributed by atoms with van der Waals surface area (Å²) >= 11 is 1.59. The highest BCUT2D eigenvalue weighted by atomic mass is 32.2. The fourth-order valence-electron chi connectivity index (χ4n) is 4.12. The lowest BCUT2D eigenvalue weighted by molar-refractivity contribution is 0.0951. The van der Waals surface area contributed by atoms with Crippen LogP contribution >= 0.6 is 11.8 Å². The third-order valence-electron chi connectivity index (χ3n) is 5.99. The van der Waals surface area contributed by atoms with Crippen LogP contribution < -0.4 is 4.90 Å². The molecule has 1 atom stereocenters. The first kappa shape index (κ1) is 20.5. The van der Waals surface area contributed by atoms with Crippen LogP contribution in [0.4, 0.5) is 5.95 Å². The van der Waals surface area contributed by atoms with Gasteiger partial charge in [0, 0.05) is 25.3 Å². The standard InChI is InChI=1S/C22H28N6O2S/c1-16-9-11-27(12-10-16)21-25-26-22(28(21)14-18-8-5-13-29-18)31-15-19-23-24-20(30-19)17-6-3-2-4-7-17/h2-4,6-7,16,18H,5,8-15H2,1H3/t18-/m0/s1. The molecule has 9 heteroatoms. The molecule has 2 saturated heterocycles. The van der Waals surface area contributed by atoms with Crippen LogP contribution in [0.1, 0.15) is 38.5 Å². The second-order valence-electron chi connectivity index (χ2n) is 8.35. The van der Waals surface area contributed by atoms with Crippen molar-refractivity contribution >= 4 is 17.7 Å². The maximum Gasteiger partial charge on any atom is 0.247 e. The Balaban J connectivity index is 1.31. The number of thioether (sulfide) groups is 1. The Hall–Kier alpha value is -2.39. The van der Waals surface area contributed by atoms with Crippen LogP contribution in [0.15, 0.2) is 39.9 Å². The number of aromatic nitrogens is 5. The predicted molar refractivity (Wildman–Crippen MR) is 119 cm³/mol. The number of nitrogens with zero attached hydrogens (tertiary/aromatic N) is 6. The molecular formula is C22H28N6O2S. The number of ether oxygens (including phenoxy) is 1. The molecule has 2 aromatic heterocycles. The minimum absolute atomic E-state index is 0.228. The lowest BCUT2D eigenvalue weighted by atomic mass is 10.00. The van der Waals surface area contributed by atoms with E-state index in [1.807, 2.05) is 30.3 Å². The maximum atomic E-state index is 5.91. The van der Waals surface area contributed by atoms with Crippen molar-refractivity contribution < 1.29 is 9.15 Å². The molecule has 2 aliphatic heterocycles. The number of piperidine rings is 1. The molecule has 164 valence electrons. The van der Waals surface area contributed by atoms with Crippen LogP contribution in [0.2, 0.25) is 0 Å². The summed E-state index contributed by atoms with van der Waals surface area (Å²) in [5.41, 5.74) is 0.925. The zero-order valence-electron chi connectivity index (χ0n) is 17.8. The van der Waals surface area contributed by atoms with Gasteiger partial charge in [-0.25, -0.2) is 0 Å². The van der Waals surface area contributed by atoms with Crippen molar-refractivity contribution in [3.8, 4) is 11.5 Å². The summed E-state index contributed by atoms with van der Waals surface area (Å²) in [5.74, 6) is 3.42. The Morgan fingerprint density at radius 2 is 1.87 bits per heavy atom. The first-order valence-electron chi connectivity index (χ1n) is 11.1. The number of rotatable bonds is 7. The van der Waals surface area contributed by atoms with E-state index in [0.29, 0.717) is 17.5 Å². The smallest absolute Gasteiger partial charge is 0.247 e. The van der Waals surface area contributed by atoms with Crippen molar-refractivity contribution in [2.45, 2.75) is 56.2 Å². The van der Waals surface area contributed by atoms with Crippen molar-refractivity contribution in [1.29, 1.82) is 0 Å². The summed E-state index contributed by atoms with van der Waals surface area (Å²) in [6.45, 7) is 6.01. The van der Waals surface area contributed by atoms with Gasteiger partial charge in [0.05, 0.1) is 18.4 Å². The van der Waals surface area contributed by atoms with E-state index in [4.69, 9.17) is 9.15 Å². The van der Waals surface area contributed by atoms with Crippen molar-refractivity contribution in [2.75, 3.05) is 24.6 Å². The molecule has 0 unspecified atom stereocenters.